The molecule has 10 N–H and O–H groups in total. The number of nitrogens with one attached hydrogen (secondary N) is 6. The van der Waals surface area contributed by atoms with Crippen LogP contribution in [0.25, 0.3) is 0 Å². The summed E-state index contributed by atoms with van der Waals surface area (Å²) in [5.74, 6) is 0. The topological polar surface area (TPSA) is 124 Å². The lowest BCUT2D eigenvalue weighted by Gasteiger charge is -2.29. The molecule has 2 unspecified atom stereocenters. The first-order valence-electron chi connectivity index (χ1n) is 10.1. The highest BCUT2D eigenvalue weighted by molar-refractivity contribution is 4.85. The second kappa shape index (κ2) is 17.1. The van der Waals surface area contributed by atoms with Crippen molar-refractivity contribution in [1.29, 1.82) is 0 Å². The van der Waals surface area contributed by atoms with Crippen molar-refractivity contribution in [3.63, 3.8) is 0 Å². The lowest BCUT2D eigenvalue weighted by molar-refractivity contribution is 0.352. The fraction of sp³-hybridized carbons (Fsp3) is 1.00. The molecule has 0 aromatic rings. The summed E-state index contributed by atoms with van der Waals surface area (Å²) in [5.41, 5.74) is 11.5. The van der Waals surface area contributed by atoms with E-state index in [1.165, 1.54) is 0 Å². The van der Waals surface area contributed by atoms with Gasteiger partial charge in [0.2, 0.25) is 0 Å². The van der Waals surface area contributed by atoms with Gasteiger partial charge in [0.1, 0.15) is 0 Å². The third-order valence-corrected chi connectivity index (χ3v) is 4.48. The van der Waals surface area contributed by atoms with Gasteiger partial charge < -0.3 is 43.4 Å². The van der Waals surface area contributed by atoms with Crippen LogP contribution in [0.3, 0.4) is 0 Å². The molecule has 1 rings (SSSR count). The number of hydrogen-bond donors (Lipinski definition) is 8. The molecule has 150 valence electrons. The Labute approximate surface area is 154 Å². The third-order valence-electron chi connectivity index (χ3n) is 4.48. The molecular formula is C17H42N8. The van der Waals surface area contributed by atoms with Crippen molar-refractivity contribution in [2.45, 2.75) is 31.3 Å². The SMILES string of the molecule is NCCNCCCNC(CN)C1CNCCCNCCNCCCN1. The molecule has 1 aliphatic heterocycles. The zero-order chi connectivity index (χ0) is 18.0. The van der Waals surface area contributed by atoms with Gasteiger partial charge in [0.25, 0.3) is 0 Å². The Balaban J connectivity index is 2.32. The molecule has 0 aliphatic carbocycles. The highest BCUT2D eigenvalue weighted by Crippen LogP contribution is 1.94. The minimum Gasteiger partial charge on any atom is -0.329 e. The van der Waals surface area contributed by atoms with Crippen LogP contribution in [0.15, 0.2) is 0 Å². The van der Waals surface area contributed by atoms with Gasteiger partial charge in [-0.15, -0.1) is 0 Å². The van der Waals surface area contributed by atoms with E-state index in [1.54, 1.807) is 0 Å². The van der Waals surface area contributed by atoms with Gasteiger partial charge in [0.05, 0.1) is 0 Å². The van der Waals surface area contributed by atoms with Crippen molar-refractivity contribution in [2.75, 3.05) is 78.5 Å². The van der Waals surface area contributed by atoms with E-state index in [2.05, 4.69) is 31.9 Å². The summed E-state index contributed by atoms with van der Waals surface area (Å²) in [6.45, 7) is 11.4. The van der Waals surface area contributed by atoms with Crippen molar-refractivity contribution in [1.82, 2.24) is 31.9 Å². The summed E-state index contributed by atoms with van der Waals surface area (Å²) in [4.78, 5) is 0. The van der Waals surface area contributed by atoms with Crippen LogP contribution < -0.4 is 43.4 Å². The van der Waals surface area contributed by atoms with E-state index >= 15 is 0 Å². The number of rotatable bonds is 9. The lowest BCUT2D eigenvalue weighted by Crippen LogP contribution is -2.56. The van der Waals surface area contributed by atoms with Crippen molar-refractivity contribution in [2.24, 2.45) is 11.5 Å². The Morgan fingerprint density at radius 2 is 1.56 bits per heavy atom. The Morgan fingerprint density at radius 3 is 2.28 bits per heavy atom. The van der Waals surface area contributed by atoms with Crippen molar-refractivity contribution >= 4 is 0 Å². The van der Waals surface area contributed by atoms with Gasteiger partial charge in [-0.2, -0.15) is 0 Å². The molecule has 8 heteroatoms. The maximum atomic E-state index is 6.04. The van der Waals surface area contributed by atoms with Gasteiger partial charge in [-0.1, -0.05) is 0 Å². The normalized spacial score (nSPS) is 23.0. The Bertz CT molecular complexity index is 265. The number of hydrogen-bond acceptors (Lipinski definition) is 8. The van der Waals surface area contributed by atoms with Gasteiger partial charge in [0, 0.05) is 51.4 Å². The minimum atomic E-state index is 0.293. The highest BCUT2D eigenvalue weighted by atomic mass is 15.1. The molecule has 1 aliphatic rings. The van der Waals surface area contributed by atoms with E-state index < -0.39 is 0 Å². The molecule has 0 radical (unpaired) electrons. The van der Waals surface area contributed by atoms with Crippen LogP contribution in [0.1, 0.15) is 19.3 Å². The molecule has 0 bridgehead atoms. The molecule has 8 nitrogen and oxygen atoms in total. The van der Waals surface area contributed by atoms with Crippen LogP contribution >= 0.6 is 0 Å². The van der Waals surface area contributed by atoms with Crippen LogP contribution in [0, 0.1) is 0 Å². The molecule has 2 atom stereocenters. The van der Waals surface area contributed by atoms with Gasteiger partial charge in [-0.25, -0.2) is 0 Å². The fourth-order valence-corrected chi connectivity index (χ4v) is 3.00. The monoisotopic (exact) mass is 358 g/mol. The summed E-state index contributed by atoms with van der Waals surface area (Å²) in [6, 6.07) is 0.652. The Morgan fingerprint density at radius 1 is 0.840 bits per heavy atom. The third kappa shape index (κ3) is 12.6. The average molecular weight is 359 g/mol. The summed E-state index contributed by atoms with van der Waals surface area (Å²) in [7, 11) is 0. The standard InChI is InChI=1S/C17H42N8/c18-4-11-20-6-2-9-24-16(14-19)17-15-23-8-1-5-21-12-13-22-7-3-10-25-17/h16-17,20-25H,1-15,18-19H2. The van der Waals surface area contributed by atoms with Crippen LogP contribution in [-0.4, -0.2) is 90.6 Å². The smallest absolute Gasteiger partial charge is 0.0358 e. The van der Waals surface area contributed by atoms with E-state index in [0.29, 0.717) is 25.2 Å². The highest BCUT2D eigenvalue weighted by Gasteiger charge is 2.18. The predicted octanol–water partition coefficient (Wildman–Crippen LogP) is -2.64. The van der Waals surface area contributed by atoms with Crippen LogP contribution in [0.2, 0.25) is 0 Å². The summed E-state index contributed by atoms with van der Waals surface area (Å²) in [6.07, 6.45) is 3.38. The van der Waals surface area contributed by atoms with Crippen LogP contribution in [-0.2, 0) is 0 Å². The van der Waals surface area contributed by atoms with E-state index in [9.17, 15) is 0 Å². The van der Waals surface area contributed by atoms with Gasteiger partial charge >= 0.3 is 0 Å². The fourth-order valence-electron chi connectivity index (χ4n) is 3.00. The summed E-state index contributed by atoms with van der Waals surface area (Å²) in [5, 5.41) is 21.2. The maximum Gasteiger partial charge on any atom is 0.0358 e. The Kier molecular flexibility index (Phi) is 15.6. The molecule has 0 aromatic heterocycles. The Hall–Kier alpha value is -0.320. The first-order valence-corrected chi connectivity index (χ1v) is 10.1. The molecule has 0 saturated carbocycles. The molecule has 0 aromatic carbocycles. The molecule has 1 saturated heterocycles. The predicted molar refractivity (Wildman–Crippen MR) is 107 cm³/mol. The van der Waals surface area contributed by atoms with Crippen molar-refractivity contribution < 1.29 is 0 Å². The minimum absolute atomic E-state index is 0.293. The molecule has 25 heavy (non-hydrogen) atoms. The molecule has 1 heterocycles. The quantitative estimate of drug-likeness (QED) is 0.210. The maximum absolute atomic E-state index is 6.04. The van der Waals surface area contributed by atoms with E-state index in [1.807, 2.05) is 0 Å². The summed E-state index contributed by atoms with van der Waals surface area (Å²) < 4.78 is 0. The second-order valence-corrected chi connectivity index (χ2v) is 6.66. The molecule has 1 fully saturated rings. The number of nitrogens with two attached hydrogens (primary N) is 2. The van der Waals surface area contributed by atoms with Gasteiger partial charge in [-0.3, -0.25) is 0 Å². The van der Waals surface area contributed by atoms with Gasteiger partial charge in [0.15, 0.2) is 0 Å². The average Bonchev–Trinajstić information content (AvgIpc) is 2.63. The zero-order valence-corrected chi connectivity index (χ0v) is 15.9. The summed E-state index contributed by atoms with van der Waals surface area (Å²) >= 11 is 0. The van der Waals surface area contributed by atoms with E-state index in [4.69, 9.17) is 11.5 Å². The molecule has 0 spiro atoms. The molecule has 0 amide bonds. The second-order valence-electron chi connectivity index (χ2n) is 6.66. The van der Waals surface area contributed by atoms with E-state index in [0.717, 1.165) is 84.7 Å². The van der Waals surface area contributed by atoms with Crippen molar-refractivity contribution in [3.8, 4) is 0 Å². The van der Waals surface area contributed by atoms with Gasteiger partial charge in [-0.05, 0) is 58.5 Å². The molecular weight excluding hydrogens is 316 g/mol. The van der Waals surface area contributed by atoms with Crippen LogP contribution in [0.5, 0.6) is 0 Å². The van der Waals surface area contributed by atoms with Crippen LogP contribution in [0.4, 0.5) is 0 Å². The zero-order valence-electron chi connectivity index (χ0n) is 15.9. The lowest BCUT2D eigenvalue weighted by atomic mass is 10.1. The van der Waals surface area contributed by atoms with E-state index in [-0.39, 0.29) is 0 Å². The largest absolute Gasteiger partial charge is 0.329 e. The first-order chi connectivity index (χ1) is 12.4. The first kappa shape index (κ1) is 22.7. The van der Waals surface area contributed by atoms with Crippen molar-refractivity contribution in [3.05, 3.63) is 0 Å².